The topological polar surface area (TPSA) is 51.4 Å². The highest BCUT2D eigenvalue weighted by molar-refractivity contribution is 9.10. The van der Waals surface area contributed by atoms with Gasteiger partial charge in [-0.1, -0.05) is 27.5 Å². The second kappa shape index (κ2) is 6.61. The van der Waals surface area contributed by atoms with Gasteiger partial charge in [-0.25, -0.2) is 0 Å². The van der Waals surface area contributed by atoms with E-state index in [1.165, 1.54) is 0 Å². The van der Waals surface area contributed by atoms with Crippen LogP contribution in [-0.2, 0) is 0 Å². The van der Waals surface area contributed by atoms with Crippen LogP contribution in [0.25, 0.3) is 11.1 Å². The van der Waals surface area contributed by atoms with Gasteiger partial charge < -0.3 is 14.1 Å². The van der Waals surface area contributed by atoms with E-state index in [1.54, 1.807) is 18.5 Å². The van der Waals surface area contributed by atoms with Crippen molar-refractivity contribution < 1.29 is 9.15 Å². The highest BCUT2D eigenvalue weighted by atomic mass is 79.9. The molecule has 4 rings (SSSR count). The first-order chi connectivity index (χ1) is 11.7. The van der Waals surface area contributed by atoms with E-state index in [2.05, 4.69) is 30.8 Å². The minimum absolute atomic E-state index is 0.153. The van der Waals surface area contributed by atoms with Crippen molar-refractivity contribution in [2.45, 2.75) is 18.9 Å². The van der Waals surface area contributed by atoms with Crippen molar-refractivity contribution in [3.63, 3.8) is 0 Å². The summed E-state index contributed by atoms with van der Waals surface area (Å²) in [5, 5.41) is 0.586. The summed E-state index contributed by atoms with van der Waals surface area (Å²) in [4.78, 5) is 10.8. The number of piperidine rings is 1. The Bertz CT molecular complexity index is 862. The third-order valence-electron chi connectivity index (χ3n) is 4.03. The average Bonchev–Trinajstić information content (AvgIpc) is 2.98. The molecule has 0 atom stereocenters. The second-order valence-electron chi connectivity index (χ2n) is 5.75. The van der Waals surface area contributed by atoms with Gasteiger partial charge in [-0.3, -0.25) is 4.98 Å². The lowest BCUT2D eigenvalue weighted by molar-refractivity contribution is 0.169. The summed E-state index contributed by atoms with van der Waals surface area (Å²) in [7, 11) is 0. The first kappa shape index (κ1) is 15.7. The third-order valence-corrected chi connectivity index (χ3v) is 4.73. The van der Waals surface area contributed by atoms with Crippen molar-refractivity contribution in [2.24, 2.45) is 0 Å². The first-order valence-corrected chi connectivity index (χ1v) is 8.93. The molecular weight excluding hydrogens is 394 g/mol. The lowest BCUT2D eigenvalue weighted by Gasteiger charge is -2.31. The molecule has 3 heterocycles. The molecule has 24 heavy (non-hydrogen) atoms. The van der Waals surface area contributed by atoms with Gasteiger partial charge in [0.25, 0.3) is 6.01 Å². The van der Waals surface area contributed by atoms with Gasteiger partial charge in [-0.05, 0) is 18.2 Å². The average molecular weight is 409 g/mol. The quantitative estimate of drug-likeness (QED) is 0.629. The minimum Gasteiger partial charge on any atom is -0.489 e. The molecule has 0 bridgehead atoms. The van der Waals surface area contributed by atoms with E-state index >= 15 is 0 Å². The number of halogens is 2. The SMILES string of the molecule is Clc1cncc(OC2CCN(c3nc4cc(Br)ccc4o3)CC2)c1. The molecule has 0 spiro atoms. The molecule has 1 aliphatic rings. The Hall–Kier alpha value is -1.79. The van der Waals surface area contributed by atoms with E-state index in [9.17, 15) is 0 Å². The molecule has 1 aliphatic heterocycles. The van der Waals surface area contributed by atoms with Crippen LogP contribution in [0.15, 0.2) is 45.5 Å². The number of ether oxygens (including phenoxy) is 1. The Kier molecular flexibility index (Phi) is 4.33. The van der Waals surface area contributed by atoms with Crippen molar-refractivity contribution in [1.82, 2.24) is 9.97 Å². The molecule has 0 aliphatic carbocycles. The smallest absolute Gasteiger partial charge is 0.298 e. The number of hydrogen-bond donors (Lipinski definition) is 0. The number of fused-ring (bicyclic) bond motifs is 1. The highest BCUT2D eigenvalue weighted by Crippen LogP contribution is 2.28. The summed E-state index contributed by atoms with van der Waals surface area (Å²) in [5.74, 6) is 0.715. The molecular formula is C17H15BrClN3O2. The zero-order chi connectivity index (χ0) is 16.5. The monoisotopic (exact) mass is 407 g/mol. The minimum atomic E-state index is 0.153. The van der Waals surface area contributed by atoms with E-state index in [0.29, 0.717) is 16.8 Å². The van der Waals surface area contributed by atoms with Crippen molar-refractivity contribution in [1.29, 1.82) is 0 Å². The van der Waals surface area contributed by atoms with E-state index in [1.807, 2.05) is 18.2 Å². The van der Waals surface area contributed by atoms with E-state index in [-0.39, 0.29) is 6.10 Å². The van der Waals surface area contributed by atoms with E-state index < -0.39 is 0 Å². The number of aromatic nitrogens is 2. The first-order valence-electron chi connectivity index (χ1n) is 7.75. The lowest BCUT2D eigenvalue weighted by Crippen LogP contribution is -2.38. The van der Waals surface area contributed by atoms with Gasteiger partial charge in [-0.2, -0.15) is 4.98 Å². The molecule has 1 saturated heterocycles. The van der Waals surface area contributed by atoms with Crippen LogP contribution in [0.3, 0.4) is 0 Å². The third kappa shape index (κ3) is 3.35. The van der Waals surface area contributed by atoms with Gasteiger partial charge >= 0.3 is 0 Å². The van der Waals surface area contributed by atoms with Gasteiger partial charge in [0.15, 0.2) is 5.58 Å². The molecule has 0 N–H and O–H groups in total. The molecule has 0 amide bonds. The predicted octanol–water partition coefficient (Wildman–Crippen LogP) is 4.69. The molecule has 0 radical (unpaired) electrons. The molecule has 5 nitrogen and oxygen atoms in total. The summed E-state index contributed by atoms with van der Waals surface area (Å²) in [6.45, 7) is 1.68. The van der Waals surface area contributed by atoms with Gasteiger partial charge in [-0.15, -0.1) is 0 Å². The van der Waals surface area contributed by atoms with Crippen LogP contribution in [0, 0.1) is 0 Å². The van der Waals surface area contributed by atoms with Crippen LogP contribution in [0.5, 0.6) is 5.75 Å². The zero-order valence-corrected chi connectivity index (χ0v) is 15.1. The highest BCUT2D eigenvalue weighted by Gasteiger charge is 2.24. The Morgan fingerprint density at radius 3 is 2.83 bits per heavy atom. The largest absolute Gasteiger partial charge is 0.489 e. The number of nitrogens with zero attached hydrogens (tertiary/aromatic N) is 3. The Labute approximate surface area is 152 Å². The summed E-state index contributed by atoms with van der Waals surface area (Å²) in [5.41, 5.74) is 1.67. The summed E-state index contributed by atoms with van der Waals surface area (Å²) in [6, 6.07) is 8.31. The fourth-order valence-electron chi connectivity index (χ4n) is 2.84. The van der Waals surface area contributed by atoms with Gasteiger partial charge in [0.1, 0.15) is 17.4 Å². The number of hydrogen-bond acceptors (Lipinski definition) is 5. The van der Waals surface area contributed by atoms with E-state index in [4.69, 9.17) is 20.8 Å². The molecule has 124 valence electrons. The Morgan fingerprint density at radius 2 is 2.04 bits per heavy atom. The van der Waals surface area contributed by atoms with Crippen molar-refractivity contribution in [3.8, 4) is 5.75 Å². The lowest BCUT2D eigenvalue weighted by atomic mass is 10.1. The Balaban J connectivity index is 1.41. The van der Waals surface area contributed by atoms with Crippen LogP contribution in [0.2, 0.25) is 5.02 Å². The summed E-state index contributed by atoms with van der Waals surface area (Å²) in [6.07, 6.45) is 5.24. The van der Waals surface area contributed by atoms with Crippen molar-refractivity contribution in [3.05, 3.63) is 46.2 Å². The van der Waals surface area contributed by atoms with Crippen molar-refractivity contribution >= 4 is 44.6 Å². The maximum atomic E-state index is 5.96. The van der Waals surface area contributed by atoms with E-state index in [0.717, 1.165) is 41.5 Å². The molecule has 7 heteroatoms. The van der Waals surface area contributed by atoms with Crippen LogP contribution in [0.4, 0.5) is 6.01 Å². The van der Waals surface area contributed by atoms with Gasteiger partial charge in [0.05, 0.1) is 11.2 Å². The normalized spacial score (nSPS) is 15.8. The zero-order valence-electron chi connectivity index (χ0n) is 12.8. The number of pyridine rings is 1. The predicted molar refractivity (Wildman–Crippen MR) is 96.8 cm³/mol. The maximum Gasteiger partial charge on any atom is 0.298 e. The number of benzene rings is 1. The molecule has 3 aromatic rings. The maximum absolute atomic E-state index is 5.96. The standard InChI is InChI=1S/C17H15BrClN3O2/c18-11-1-2-16-15(7-11)21-17(24-16)22-5-3-13(4-6-22)23-14-8-12(19)9-20-10-14/h1-2,7-10,13H,3-6H2. The van der Waals surface area contributed by atoms with Gasteiger partial charge in [0, 0.05) is 42.7 Å². The molecule has 1 aromatic carbocycles. The molecule has 1 fully saturated rings. The fraction of sp³-hybridized carbons (Fsp3) is 0.294. The van der Waals surface area contributed by atoms with Crippen molar-refractivity contribution in [2.75, 3.05) is 18.0 Å². The fourth-order valence-corrected chi connectivity index (χ4v) is 3.35. The Morgan fingerprint density at radius 1 is 1.21 bits per heavy atom. The van der Waals surface area contributed by atoms with Crippen LogP contribution in [-0.4, -0.2) is 29.2 Å². The molecule has 2 aromatic heterocycles. The van der Waals surface area contributed by atoms with Crippen LogP contribution < -0.4 is 9.64 Å². The number of oxazole rings is 1. The van der Waals surface area contributed by atoms with Crippen LogP contribution >= 0.6 is 27.5 Å². The van der Waals surface area contributed by atoms with Gasteiger partial charge in [0.2, 0.25) is 0 Å². The molecule has 0 unspecified atom stereocenters. The number of anilines is 1. The second-order valence-corrected chi connectivity index (χ2v) is 7.10. The van der Waals surface area contributed by atoms with Crippen LogP contribution in [0.1, 0.15) is 12.8 Å². The summed E-state index contributed by atoms with van der Waals surface area (Å²) < 4.78 is 12.8. The molecule has 0 saturated carbocycles. The summed E-state index contributed by atoms with van der Waals surface area (Å²) >= 11 is 9.40. The number of rotatable bonds is 3.